The van der Waals surface area contributed by atoms with Crippen LogP contribution in [0.1, 0.15) is 18.2 Å². The molecule has 0 saturated heterocycles. The minimum Gasteiger partial charge on any atom is -0.481 e. The predicted octanol–water partition coefficient (Wildman–Crippen LogP) is 1.27. The molecule has 64 valence electrons. The number of aromatic nitrogens is 1. The maximum atomic E-state index is 10.4. The van der Waals surface area contributed by atoms with E-state index in [1.165, 1.54) is 0 Å². The predicted molar refractivity (Wildman–Crippen MR) is 45.0 cm³/mol. The van der Waals surface area contributed by atoms with E-state index in [0.29, 0.717) is 5.69 Å². The molecule has 3 heteroatoms. The summed E-state index contributed by atoms with van der Waals surface area (Å²) in [5, 5.41) is 8.55. The van der Waals surface area contributed by atoms with Crippen LogP contribution < -0.4 is 0 Å². The van der Waals surface area contributed by atoms with Crippen molar-refractivity contribution in [3.8, 4) is 0 Å². The Labute approximate surface area is 71.1 Å². The molecule has 0 bridgehead atoms. The highest BCUT2D eigenvalue weighted by Crippen LogP contribution is 2.06. The van der Waals surface area contributed by atoms with E-state index in [1.807, 2.05) is 19.1 Å². The van der Waals surface area contributed by atoms with Gasteiger partial charge in [-0.2, -0.15) is 0 Å². The van der Waals surface area contributed by atoms with Gasteiger partial charge in [-0.25, -0.2) is 0 Å². The molecular weight excluding hydrogens is 154 g/mol. The van der Waals surface area contributed by atoms with Crippen LogP contribution >= 0.6 is 0 Å². The molecule has 0 fully saturated rings. The summed E-state index contributed by atoms with van der Waals surface area (Å²) in [6, 6.07) is 3.73. The van der Waals surface area contributed by atoms with Crippen molar-refractivity contribution in [2.24, 2.45) is 0 Å². The smallest absolute Gasteiger partial charge is 0.309 e. The van der Waals surface area contributed by atoms with Gasteiger partial charge in [-0.3, -0.25) is 9.78 Å². The Bertz CT molecular complexity index is 284. The minimum atomic E-state index is -0.830. The molecule has 1 N–H and O–H groups in total. The lowest BCUT2D eigenvalue weighted by Gasteiger charge is -2.02. The maximum Gasteiger partial charge on any atom is 0.309 e. The molecule has 0 saturated carbocycles. The van der Waals surface area contributed by atoms with Gasteiger partial charge in [0.05, 0.1) is 12.1 Å². The largest absolute Gasteiger partial charge is 0.481 e. The maximum absolute atomic E-state index is 10.4. The molecule has 0 amide bonds. The average molecular weight is 165 g/mol. The van der Waals surface area contributed by atoms with Crippen LogP contribution in [0.5, 0.6) is 0 Å². The van der Waals surface area contributed by atoms with E-state index >= 15 is 0 Å². The zero-order valence-electron chi connectivity index (χ0n) is 6.95. The van der Waals surface area contributed by atoms with Gasteiger partial charge in [0.1, 0.15) is 0 Å². The highest BCUT2D eigenvalue weighted by molar-refractivity contribution is 5.69. The molecule has 0 aliphatic carbocycles. The summed E-state index contributed by atoms with van der Waals surface area (Å²) < 4.78 is 0. The molecule has 1 aromatic rings. The van der Waals surface area contributed by atoms with Crippen molar-refractivity contribution in [2.75, 3.05) is 0 Å². The van der Waals surface area contributed by atoms with Crippen LogP contribution in [-0.2, 0) is 17.6 Å². The molecule has 0 aliphatic rings. The summed E-state index contributed by atoms with van der Waals surface area (Å²) in [6.07, 6.45) is 2.47. The third kappa shape index (κ3) is 2.05. The molecule has 0 aliphatic heterocycles. The van der Waals surface area contributed by atoms with Crippen LogP contribution in [0.3, 0.4) is 0 Å². The van der Waals surface area contributed by atoms with E-state index in [4.69, 9.17) is 5.11 Å². The summed E-state index contributed by atoms with van der Waals surface area (Å²) in [5.41, 5.74) is 1.69. The molecule has 1 rings (SSSR count). The number of hydrogen-bond acceptors (Lipinski definition) is 2. The van der Waals surface area contributed by atoms with Gasteiger partial charge in [-0.05, 0) is 18.1 Å². The van der Waals surface area contributed by atoms with Gasteiger partial charge in [-0.15, -0.1) is 0 Å². The number of rotatable bonds is 3. The number of carboxylic acids is 1. The van der Waals surface area contributed by atoms with Crippen LogP contribution in [0.25, 0.3) is 0 Å². The number of hydrogen-bond donors (Lipinski definition) is 1. The Morgan fingerprint density at radius 3 is 3.00 bits per heavy atom. The van der Waals surface area contributed by atoms with Crippen molar-refractivity contribution in [2.45, 2.75) is 19.8 Å². The van der Waals surface area contributed by atoms with Crippen molar-refractivity contribution in [3.63, 3.8) is 0 Å². The fourth-order valence-corrected chi connectivity index (χ4v) is 1.10. The second-order valence-electron chi connectivity index (χ2n) is 2.53. The monoisotopic (exact) mass is 165 g/mol. The molecule has 3 nitrogen and oxygen atoms in total. The van der Waals surface area contributed by atoms with Gasteiger partial charge >= 0.3 is 5.97 Å². The van der Waals surface area contributed by atoms with Gasteiger partial charge in [0.25, 0.3) is 0 Å². The van der Waals surface area contributed by atoms with Gasteiger partial charge in [0.2, 0.25) is 0 Å². The molecule has 0 radical (unpaired) electrons. The number of aliphatic carboxylic acids is 1. The zero-order chi connectivity index (χ0) is 8.97. The molecule has 0 aromatic carbocycles. The normalized spacial score (nSPS) is 9.75. The number of aryl methyl sites for hydroxylation is 1. The van der Waals surface area contributed by atoms with Gasteiger partial charge < -0.3 is 5.11 Å². The first kappa shape index (κ1) is 8.71. The molecule has 0 atom stereocenters. The molecule has 12 heavy (non-hydrogen) atoms. The van der Waals surface area contributed by atoms with Crippen LogP contribution in [0, 0.1) is 0 Å². The van der Waals surface area contributed by atoms with Crippen molar-refractivity contribution >= 4 is 5.97 Å². The van der Waals surface area contributed by atoms with Crippen LogP contribution in [0.15, 0.2) is 18.3 Å². The fourth-order valence-electron chi connectivity index (χ4n) is 1.10. The number of nitrogens with zero attached hydrogens (tertiary/aromatic N) is 1. The van der Waals surface area contributed by atoms with E-state index in [1.54, 1.807) is 6.20 Å². The first-order valence-corrected chi connectivity index (χ1v) is 3.88. The van der Waals surface area contributed by atoms with Gasteiger partial charge in [0.15, 0.2) is 0 Å². The highest BCUT2D eigenvalue weighted by atomic mass is 16.4. The number of carbonyl (C=O) groups is 1. The lowest BCUT2D eigenvalue weighted by Crippen LogP contribution is -2.05. The minimum absolute atomic E-state index is 0.0179. The van der Waals surface area contributed by atoms with Crippen molar-refractivity contribution in [1.29, 1.82) is 0 Å². The molecule has 1 aromatic heterocycles. The third-order valence-corrected chi connectivity index (χ3v) is 1.68. The Morgan fingerprint density at radius 2 is 2.42 bits per heavy atom. The topological polar surface area (TPSA) is 50.2 Å². The summed E-state index contributed by atoms with van der Waals surface area (Å²) >= 11 is 0. The van der Waals surface area contributed by atoms with Crippen molar-refractivity contribution in [1.82, 2.24) is 4.98 Å². The van der Waals surface area contributed by atoms with Crippen LogP contribution in [-0.4, -0.2) is 16.1 Å². The average Bonchev–Trinajstić information content (AvgIpc) is 2.04. The third-order valence-electron chi connectivity index (χ3n) is 1.68. The van der Waals surface area contributed by atoms with Crippen molar-refractivity contribution in [3.05, 3.63) is 29.6 Å². The second-order valence-corrected chi connectivity index (χ2v) is 2.53. The van der Waals surface area contributed by atoms with Gasteiger partial charge in [0, 0.05) is 6.20 Å². The van der Waals surface area contributed by atoms with Crippen LogP contribution in [0.2, 0.25) is 0 Å². The van der Waals surface area contributed by atoms with E-state index in [9.17, 15) is 4.79 Å². The van der Waals surface area contributed by atoms with E-state index in [-0.39, 0.29) is 6.42 Å². The number of pyridine rings is 1. The van der Waals surface area contributed by atoms with E-state index in [2.05, 4.69) is 4.98 Å². The summed E-state index contributed by atoms with van der Waals surface area (Å²) in [6.45, 7) is 1.99. The van der Waals surface area contributed by atoms with E-state index < -0.39 is 5.97 Å². The second kappa shape index (κ2) is 3.85. The van der Waals surface area contributed by atoms with Crippen LogP contribution in [0.4, 0.5) is 0 Å². The molecule has 0 unspecified atom stereocenters. The Hall–Kier alpha value is -1.38. The van der Waals surface area contributed by atoms with Crippen molar-refractivity contribution < 1.29 is 9.90 Å². The Balaban J connectivity index is 2.89. The summed E-state index contributed by atoms with van der Waals surface area (Å²) in [7, 11) is 0. The first-order valence-electron chi connectivity index (χ1n) is 3.88. The number of carboxylic acid groups (broad SMARTS) is 1. The first-order chi connectivity index (χ1) is 5.74. The Morgan fingerprint density at radius 1 is 1.67 bits per heavy atom. The zero-order valence-corrected chi connectivity index (χ0v) is 6.95. The van der Waals surface area contributed by atoms with Gasteiger partial charge in [-0.1, -0.05) is 13.0 Å². The molecule has 0 spiro atoms. The highest BCUT2D eigenvalue weighted by Gasteiger charge is 2.05. The summed E-state index contributed by atoms with van der Waals surface area (Å²) in [5.74, 6) is -0.830. The van der Waals surface area contributed by atoms with E-state index in [0.717, 1.165) is 12.0 Å². The summed E-state index contributed by atoms with van der Waals surface area (Å²) in [4.78, 5) is 14.4. The molecule has 1 heterocycles. The standard InChI is InChI=1S/C9H11NO2/c1-2-7-4-3-5-10-8(7)6-9(11)12/h3-5H,2,6H2,1H3,(H,11,12). The molecular formula is C9H11NO2. The lowest BCUT2D eigenvalue weighted by molar-refractivity contribution is -0.136. The SMILES string of the molecule is CCc1cccnc1CC(=O)O. The Kier molecular flexibility index (Phi) is 2.80. The quantitative estimate of drug-likeness (QED) is 0.733. The lowest BCUT2D eigenvalue weighted by atomic mass is 10.1. The fraction of sp³-hybridized carbons (Fsp3) is 0.333.